The van der Waals surface area contributed by atoms with Crippen LogP contribution in [0, 0.1) is 0 Å². The standard InChI is InChI=1S/C13H16O2Se/c1-4-11(12(14)13(2,3)15)16-10-8-6-5-7-9-10/h4-9,15H,1-3H3/b11-4+. The molecule has 1 aromatic rings. The third-order valence-electron chi connectivity index (χ3n) is 2.01. The molecule has 0 aromatic heterocycles. The van der Waals surface area contributed by atoms with Gasteiger partial charge in [0.15, 0.2) is 0 Å². The minimum absolute atomic E-state index is 0.0346. The van der Waals surface area contributed by atoms with Gasteiger partial charge >= 0.3 is 102 Å². The second-order valence-electron chi connectivity index (χ2n) is 3.96. The van der Waals surface area contributed by atoms with Crippen molar-refractivity contribution in [3.63, 3.8) is 0 Å². The van der Waals surface area contributed by atoms with Gasteiger partial charge in [-0.2, -0.15) is 0 Å². The number of carbonyl (C=O) groups excluding carboxylic acids is 1. The third-order valence-corrected chi connectivity index (χ3v) is 4.42. The van der Waals surface area contributed by atoms with Crippen LogP contribution in [0.5, 0.6) is 0 Å². The number of rotatable bonds is 4. The monoisotopic (exact) mass is 284 g/mol. The van der Waals surface area contributed by atoms with E-state index in [0.717, 1.165) is 4.46 Å². The summed E-state index contributed by atoms with van der Waals surface area (Å²) < 4.78 is 1.85. The minimum atomic E-state index is -1.28. The van der Waals surface area contributed by atoms with Gasteiger partial charge in [-0.3, -0.25) is 0 Å². The molecule has 0 amide bonds. The molecule has 0 aliphatic rings. The average molecular weight is 283 g/mol. The van der Waals surface area contributed by atoms with Crippen molar-refractivity contribution in [3.05, 3.63) is 40.9 Å². The van der Waals surface area contributed by atoms with Gasteiger partial charge in [0.05, 0.1) is 0 Å². The first-order valence-electron chi connectivity index (χ1n) is 5.11. The molecule has 0 fully saturated rings. The summed E-state index contributed by atoms with van der Waals surface area (Å²) in [4.78, 5) is 11.9. The van der Waals surface area contributed by atoms with Gasteiger partial charge in [0.25, 0.3) is 0 Å². The Morgan fingerprint density at radius 1 is 1.31 bits per heavy atom. The number of aliphatic hydroxyl groups is 1. The van der Waals surface area contributed by atoms with E-state index in [1.54, 1.807) is 6.08 Å². The molecule has 0 atom stereocenters. The summed E-state index contributed by atoms with van der Waals surface area (Å²) in [7, 11) is 0. The fourth-order valence-corrected chi connectivity index (χ4v) is 3.27. The fraction of sp³-hybridized carbons (Fsp3) is 0.308. The summed E-state index contributed by atoms with van der Waals surface area (Å²) in [5, 5.41) is 9.69. The Bertz CT molecular complexity index is 388. The SMILES string of the molecule is C/C=C(/[Se]c1ccccc1)C(=O)C(C)(C)O. The van der Waals surface area contributed by atoms with Crippen LogP contribution < -0.4 is 4.46 Å². The van der Waals surface area contributed by atoms with Crippen LogP contribution in [0.15, 0.2) is 40.9 Å². The molecule has 0 bridgehead atoms. The predicted octanol–water partition coefficient (Wildman–Crippen LogP) is 1.26. The summed E-state index contributed by atoms with van der Waals surface area (Å²) in [5.74, 6) is -0.182. The van der Waals surface area contributed by atoms with Crippen LogP contribution in [0.25, 0.3) is 0 Å². The molecule has 1 aromatic carbocycles. The summed E-state index contributed by atoms with van der Waals surface area (Å²) in [6, 6.07) is 9.87. The Morgan fingerprint density at radius 2 is 1.88 bits per heavy atom. The second-order valence-corrected chi connectivity index (χ2v) is 6.30. The first-order chi connectivity index (χ1) is 7.45. The van der Waals surface area contributed by atoms with Gasteiger partial charge in [0, 0.05) is 0 Å². The zero-order valence-electron chi connectivity index (χ0n) is 9.73. The summed E-state index contributed by atoms with van der Waals surface area (Å²) in [5.41, 5.74) is -1.28. The molecule has 16 heavy (non-hydrogen) atoms. The molecule has 0 radical (unpaired) electrons. The maximum absolute atomic E-state index is 11.9. The van der Waals surface area contributed by atoms with Crippen molar-refractivity contribution in [1.82, 2.24) is 0 Å². The van der Waals surface area contributed by atoms with Gasteiger partial charge in [-0.05, 0) is 0 Å². The van der Waals surface area contributed by atoms with Gasteiger partial charge in [-0.1, -0.05) is 0 Å². The number of benzene rings is 1. The number of hydrogen-bond acceptors (Lipinski definition) is 2. The first-order valence-corrected chi connectivity index (χ1v) is 6.83. The van der Waals surface area contributed by atoms with Gasteiger partial charge in [-0.25, -0.2) is 0 Å². The predicted molar refractivity (Wildman–Crippen MR) is 66.9 cm³/mol. The van der Waals surface area contributed by atoms with Crippen LogP contribution in [0.1, 0.15) is 20.8 Å². The van der Waals surface area contributed by atoms with E-state index in [1.165, 1.54) is 13.8 Å². The number of Topliss-reactive ketones (excluding diaryl/α,β-unsaturated/α-hetero) is 1. The Kier molecular flexibility index (Phi) is 4.48. The van der Waals surface area contributed by atoms with Crippen LogP contribution in [0.4, 0.5) is 0 Å². The third kappa shape index (κ3) is 3.60. The molecule has 0 heterocycles. The first kappa shape index (κ1) is 13.2. The Labute approximate surface area is 103 Å². The van der Waals surface area contributed by atoms with E-state index in [-0.39, 0.29) is 20.7 Å². The average Bonchev–Trinajstić information content (AvgIpc) is 2.25. The molecule has 3 heteroatoms. The van der Waals surface area contributed by atoms with Crippen LogP contribution >= 0.6 is 0 Å². The number of allylic oxidation sites excluding steroid dienone is 1. The van der Waals surface area contributed by atoms with Crippen molar-refractivity contribution in [2.75, 3.05) is 0 Å². The topological polar surface area (TPSA) is 37.3 Å². The number of ketones is 1. The summed E-state index contributed by atoms with van der Waals surface area (Å²) in [6.07, 6.45) is 1.80. The van der Waals surface area contributed by atoms with E-state index in [0.29, 0.717) is 4.47 Å². The van der Waals surface area contributed by atoms with E-state index < -0.39 is 5.60 Å². The fourth-order valence-electron chi connectivity index (χ4n) is 1.15. The molecule has 0 spiro atoms. The van der Waals surface area contributed by atoms with Crippen molar-refractivity contribution < 1.29 is 9.90 Å². The van der Waals surface area contributed by atoms with Crippen LogP contribution in [0.2, 0.25) is 0 Å². The normalized spacial score (nSPS) is 12.6. The molecule has 0 saturated heterocycles. The van der Waals surface area contributed by atoms with E-state index in [4.69, 9.17) is 0 Å². The summed E-state index contributed by atoms with van der Waals surface area (Å²) in [6.45, 7) is 4.89. The molecule has 1 rings (SSSR count). The number of hydrogen-bond donors (Lipinski definition) is 1. The second kappa shape index (κ2) is 5.44. The van der Waals surface area contributed by atoms with Gasteiger partial charge in [-0.15, -0.1) is 0 Å². The number of carbonyl (C=O) groups is 1. The molecule has 0 saturated carbocycles. The molecule has 86 valence electrons. The van der Waals surface area contributed by atoms with E-state index in [2.05, 4.69) is 0 Å². The molecule has 2 nitrogen and oxygen atoms in total. The maximum atomic E-state index is 11.9. The molecule has 1 N–H and O–H groups in total. The van der Waals surface area contributed by atoms with Crippen molar-refractivity contribution in [2.45, 2.75) is 26.4 Å². The van der Waals surface area contributed by atoms with Crippen LogP contribution in [0.3, 0.4) is 0 Å². The van der Waals surface area contributed by atoms with Crippen molar-refractivity contribution >= 4 is 25.2 Å². The zero-order valence-corrected chi connectivity index (χ0v) is 11.4. The molecule has 0 aliphatic carbocycles. The molecule has 0 aliphatic heterocycles. The van der Waals surface area contributed by atoms with Crippen molar-refractivity contribution in [2.24, 2.45) is 0 Å². The zero-order chi connectivity index (χ0) is 12.2. The molecular weight excluding hydrogens is 267 g/mol. The Balaban J connectivity index is 2.83. The van der Waals surface area contributed by atoms with Gasteiger partial charge < -0.3 is 0 Å². The van der Waals surface area contributed by atoms with Crippen molar-refractivity contribution in [1.29, 1.82) is 0 Å². The van der Waals surface area contributed by atoms with E-state index >= 15 is 0 Å². The Morgan fingerprint density at radius 3 is 2.31 bits per heavy atom. The van der Waals surface area contributed by atoms with E-state index in [9.17, 15) is 9.90 Å². The quantitative estimate of drug-likeness (QED) is 0.667. The Hall–Kier alpha value is -0.891. The van der Waals surface area contributed by atoms with Crippen LogP contribution in [-0.4, -0.2) is 31.4 Å². The van der Waals surface area contributed by atoms with Crippen molar-refractivity contribution in [3.8, 4) is 0 Å². The van der Waals surface area contributed by atoms with Crippen LogP contribution in [-0.2, 0) is 4.79 Å². The summed E-state index contributed by atoms with van der Waals surface area (Å²) >= 11 is -0.0346. The van der Waals surface area contributed by atoms with E-state index in [1.807, 2.05) is 37.3 Å². The van der Waals surface area contributed by atoms with Gasteiger partial charge in [0.1, 0.15) is 0 Å². The molecule has 0 unspecified atom stereocenters. The molecular formula is C13H16O2Se. The van der Waals surface area contributed by atoms with Gasteiger partial charge in [0.2, 0.25) is 0 Å².